The number of imidazole rings is 1. The number of aryl methyl sites for hydroxylation is 2. The van der Waals surface area contributed by atoms with Crippen molar-refractivity contribution in [2.24, 2.45) is 5.73 Å². The molecule has 0 radical (unpaired) electrons. The highest BCUT2D eigenvalue weighted by Gasteiger charge is 2.59. The second-order valence-corrected chi connectivity index (χ2v) is 11.8. The second kappa shape index (κ2) is 9.15. The number of hydrogen-bond donors (Lipinski definition) is 1. The topological polar surface area (TPSA) is 107 Å². The van der Waals surface area contributed by atoms with Gasteiger partial charge in [0.25, 0.3) is 10.0 Å². The number of nitriles is 1. The molecule has 2 N–H and O–H groups in total. The zero-order valence-electron chi connectivity index (χ0n) is 21.0. The number of rotatable bonds is 5. The fourth-order valence-corrected chi connectivity index (χ4v) is 7.02. The maximum Gasteiger partial charge on any atom is 0.418 e. The highest BCUT2D eigenvalue weighted by Crippen LogP contribution is 2.49. The Balaban J connectivity index is 1.90. The lowest BCUT2D eigenvalue weighted by atomic mass is 9.85. The monoisotopic (exact) mass is 569 g/mol. The van der Waals surface area contributed by atoms with Gasteiger partial charge >= 0.3 is 6.18 Å². The summed E-state index contributed by atoms with van der Waals surface area (Å²) in [7, 11) is -4.16. The lowest BCUT2D eigenvalue weighted by Gasteiger charge is -2.33. The maximum atomic E-state index is 15.2. The summed E-state index contributed by atoms with van der Waals surface area (Å²) in [5.41, 5.74) is 4.42. The van der Waals surface area contributed by atoms with E-state index in [1.165, 1.54) is 42.6 Å². The molecule has 0 fully saturated rings. The summed E-state index contributed by atoms with van der Waals surface area (Å²) < 4.78 is 74.5. The van der Waals surface area contributed by atoms with Crippen molar-refractivity contribution in [1.29, 1.82) is 5.26 Å². The first-order valence-electron chi connectivity index (χ1n) is 11.6. The minimum Gasteiger partial charge on any atom is -0.307 e. The van der Waals surface area contributed by atoms with Crippen molar-refractivity contribution in [3.8, 4) is 6.19 Å². The third-order valence-electron chi connectivity index (χ3n) is 6.74. The summed E-state index contributed by atoms with van der Waals surface area (Å²) in [5, 5.41) is 9.87. The molecule has 0 saturated heterocycles. The molecule has 0 aliphatic rings. The van der Waals surface area contributed by atoms with E-state index in [4.69, 9.17) is 5.73 Å². The minimum absolute atomic E-state index is 0.00796. The second-order valence-electron chi connectivity index (χ2n) is 9.13. The Labute approximate surface area is 226 Å². The first-order chi connectivity index (χ1) is 18.4. The van der Waals surface area contributed by atoms with Gasteiger partial charge in [-0.25, -0.2) is 21.9 Å². The molecule has 1 atom stereocenters. The molecular weight excluding hydrogens is 547 g/mol. The molecule has 0 saturated carbocycles. The molecular formula is C27H22F3N5O2S2. The molecule has 39 heavy (non-hydrogen) atoms. The van der Waals surface area contributed by atoms with Crippen LogP contribution in [0.15, 0.2) is 76.7 Å². The first-order valence-corrected chi connectivity index (χ1v) is 14.3. The van der Waals surface area contributed by atoms with E-state index in [1.54, 1.807) is 43.6 Å². The highest BCUT2D eigenvalue weighted by molar-refractivity contribution is 7.98. The van der Waals surface area contributed by atoms with E-state index in [0.29, 0.717) is 5.56 Å². The molecule has 0 aliphatic heterocycles. The molecule has 2 aromatic heterocycles. The van der Waals surface area contributed by atoms with E-state index in [9.17, 15) is 13.7 Å². The van der Waals surface area contributed by atoms with Gasteiger partial charge in [-0.05, 0) is 62.1 Å². The van der Waals surface area contributed by atoms with Crippen LogP contribution in [0.25, 0.3) is 21.9 Å². The van der Waals surface area contributed by atoms with Crippen LogP contribution in [0.4, 0.5) is 13.2 Å². The van der Waals surface area contributed by atoms with Crippen molar-refractivity contribution >= 4 is 43.7 Å². The van der Waals surface area contributed by atoms with Crippen molar-refractivity contribution in [2.75, 3.05) is 6.26 Å². The van der Waals surface area contributed by atoms with Gasteiger partial charge in [0.2, 0.25) is 0 Å². The summed E-state index contributed by atoms with van der Waals surface area (Å²) in [4.78, 5) is 4.35. The van der Waals surface area contributed by atoms with E-state index >= 15 is 13.2 Å². The van der Waals surface area contributed by atoms with Gasteiger partial charge < -0.3 is 5.73 Å². The van der Waals surface area contributed by atoms with E-state index < -0.39 is 27.6 Å². The van der Waals surface area contributed by atoms with E-state index in [1.807, 2.05) is 6.92 Å². The average Bonchev–Trinajstić information content (AvgIpc) is 3.50. The largest absolute Gasteiger partial charge is 0.418 e. The average molecular weight is 570 g/mol. The molecule has 2 heterocycles. The van der Waals surface area contributed by atoms with E-state index in [2.05, 4.69) is 4.98 Å². The zero-order chi connectivity index (χ0) is 28.3. The summed E-state index contributed by atoms with van der Waals surface area (Å²) in [6.07, 6.45) is -0.501. The molecule has 200 valence electrons. The molecule has 0 amide bonds. The number of aromatic nitrogens is 3. The number of fused-ring (bicyclic) bond motifs is 2. The van der Waals surface area contributed by atoms with Crippen molar-refractivity contribution in [3.05, 3.63) is 89.4 Å². The predicted octanol–water partition coefficient (Wildman–Crippen LogP) is 5.66. The zero-order valence-corrected chi connectivity index (χ0v) is 22.6. The Morgan fingerprint density at radius 2 is 1.72 bits per heavy atom. The van der Waals surface area contributed by atoms with Gasteiger partial charge in [0.1, 0.15) is 0 Å². The Kier molecular flexibility index (Phi) is 6.29. The fourth-order valence-electron chi connectivity index (χ4n) is 4.84. The lowest BCUT2D eigenvalue weighted by Crippen LogP contribution is -2.53. The summed E-state index contributed by atoms with van der Waals surface area (Å²) in [6.45, 7) is 3.44. The third kappa shape index (κ3) is 3.92. The maximum absolute atomic E-state index is 15.2. The summed E-state index contributed by atoms with van der Waals surface area (Å²) >= 11 is 1.04. The van der Waals surface area contributed by atoms with Gasteiger partial charge in [0, 0.05) is 22.0 Å². The van der Waals surface area contributed by atoms with Gasteiger partial charge in [0.05, 0.1) is 21.4 Å². The first kappa shape index (κ1) is 26.8. The van der Waals surface area contributed by atoms with Crippen LogP contribution >= 0.6 is 11.8 Å². The van der Waals surface area contributed by atoms with Gasteiger partial charge in [-0.2, -0.15) is 18.4 Å². The van der Waals surface area contributed by atoms with Gasteiger partial charge in [-0.1, -0.05) is 29.8 Å². The van der Waals surface area contributed by atoms with Crippen molar-refractivity contribution in [1.82, 2.24) is 13.5 Å². The third-order valence-corrected chi connectivity index (χ3v) is 9.19. The van der Waals surface area contributed by atoms with Crippen LogP contribution in [0.3, 0.4) is 0 Å². The summed E-state index contributed by atoms with van der Waals surface area (Å²) in [6, 6.07) is 15.1. The molecule has 0 aliphatic carbocycles. The molecule has 7 nitrogen and oxygen atoms in total. The normalized spacial score (nSPS) is 14.0. The van der Waals surface area contributed by atoms with Crippen molar-refractivity contribution in [2.45, 2.75) is 35.4 Å². The molecule has 5 rings (SSSR count). The summed E-state index contributed by atoms with van der Waals surface area (Å²) in [5.74, 6) is -0.715. The quantitative estimate of drug-likeness (QED) is 0.274. The number of benzene rings is 3. The number of para-hydroxylation sites is 2. The van der Waals surface area contributed by atoms with Crippen LogP contribution in [0.2, 0.25) is 0 Å². The molecule has 0 spiro atoms. The minimum atomic E-state index is -5.12. The van der Waals surface area contributed by atoms with Crippen LogP contribution < -0.4 is 5.73 Å². The molecule has 1 unspecified atom stereocenters. The number of nitrogens with two attached hydrogens (primary N) is 1. The number of halogens is 3. The number of nitrogens with zero attached hydrogens (tertiary/aromatic N) is 4. The van der Waals surface area contributed by atoms with E-state index in [0.717, 1.165) is 25.9 Å². The number of thioether (sulfide) groups is 1. The van der Waals surface area contributed by atoms with Crippen LogP contribution in [0.5, 0.6) is 0 Å². The standard InChI is InChI=1S/C27H22F3N5O2S2/c1-16-8-10-18(11-9-16)39(36,37)35-13-12-19-23(22(38-3)14-17(2)24(19)35)26(32,27(28,29)30)25-33-20-6-4-5-7-21(20)34(25)15-31/h4-14H,32H2,1-3H3. The Morgan fingerprint density at radius 3 is 2.33 bits per heavy atom. The fraction of sp³-hybridized carbons (Fsp3) is 0.185. The Hall–Kier alpha value is -3.79. The lowest BCUT2D eigenvalue weighted by molar-refractivity contribution is -0.179. The van der Waals surface area contributed by atoms with Crippen LogP contribution in [-0.4, -0.2) is 34.4 Å². The van der Waals surface area contributed by atoms with Crippen LogP contribution in [0, 0.1) is 25.3 Å². The Bertz CT molecular complexity index is 1900. The van der Waals surface area contributed by atoms with Crippen LogP contribution in [0.1, 0.15) is 22.5 Å². The van der Waals surface area contributed by atoms with Crippen molar-refractivity contribution < 1.29 is 21.6 Å². The van der Waals surface area contributed by atoms with Crippen molar-refractivity contribution in [3.63, 3.8) is 0 Å². The van der Waals surface area contributed by atoms with Gasteiger partial charge in [-0.15, -0.1) is 11.8 Å². The number of alkyl halides is 3. The molecule has 5 aromatic rings. The van der Waals surface area contributed by atoms with Gasteiger partial charge in [0.15, 0.2) is 17.6 Å². The van der Waals surface area contributed by atoms with Crippen LogP contribution in [-0.2, 0) is 15.6 Å². The predicted molar refractivity (Wildman–Crippen MR) is 144 cm³/mol. The SMILES string of the molecule is CSc1cc(C)c2c(ccn2S(=O)(=O)c2ccc(C)cc2)c1C(N)(c1nc2ccccc2n1C#N)C(F)(F)F. The smallest absolute Gasteiger partial charge is 0.307 e. The molecule has 3 aromatic carbocycles. The molecule has 12 heteroatoms. The van der Waals surface area contributed by atoms with Gasteiger partial charge in [-0.3, -0.25) is 0 Å². The number of hydrogen-bond acceptors (Lipinski definition) is 6. The highest BCUT2D eigenvalue weighted by atomic mass is 32.2. The van der Waals surface area contributed by atoms with E-state index in [-0.39, 0.29) is 37.3 Å². The molecule has 0 bridgehead atoms. The Morgan fingerprint density at radius 1 is 1.05 bits per heavy atom.